The van der Waals surface area contributed by atoms with Crippen molar-refractivity contribution in [2.45, 2.75) is 59.3 Å². The van der Waals surface area contributed by atoms with E-state index in [0.29, 0.717) is 17.8 Å². The van der Waals surface area contributed by atoms with Crippen molar-refractivity contribution in [1.82, 2.24) is 0 Å². The van der Waals surface area contributed by atoms with Gasteiger partial charge in [-0.2, -0.15) is 0 Å². The minimum absolute atomic E-state index is 0.464. The maximum absolute atomic E-state index is 4.41. The number of allylic oxidation sites excluding steroid dienone is 8. The van der Waals surface area contributed by atoms with Gasteiger partial charge in [0, 0.05) is 26.5 Å². The van der Waals surface area contributed by atoms with Crippen LogP contribution in [0.5, 0.6) is 0 Å². The maximum atomic E-state index is 4.41. The first-order valence-electron chi connectivity index (χ1n) is 11.2. The molecule has 0 radical (unpaired) electrons. The second-order valence-electron chi connectivity index (χ2n) is 8.77. The van der Waals surface area contributed by atoms with Gasteiger partial charge in [-0.15, -0.1) is 11.3 Å². The third-order valence-corrected chi connectivity index (χ3v) is 9.13. The van der Waals surface area contributed by atoms with Crippen LogP contribution >= 0.6 is 23.1 Å². The van der Waals surface area contributed by atoms with Gasteiger partial charge in [0.25, 0.3) is 0 Å². The number of hydrogen-bond donors (Lipinski definition) is 0. The summed E-state index contributed by atoms with van der Waals surface area (Å²) in [4.78, 5) is 5.06. The summed E-state index contributed by atoms with van der Waals surface area (Å²) in [6, 6.07) is 4.52. The van der Waals surface area contributed by atoms with Gasteiger partial charge in [-0.25, -0.2) is 0 Å². The smallest absolute Gasteiger partial charge is 0.0406 e. The molecule has 30 heavy (non-hydrogen) atoms. The van der Waals surface area contributed by atoms with Crippen molar-refractivity contribution in [3.63, 3.8) is 0 Å². The molecule has 0 aliphatic heterocycles. The largest absolute Gasteiger partial charge is 0.139 e. The molecule has 0 bridgehead atoms. The monoisotopic (exact) mass is 436 g/mol. The molecular weight excluding hydrogens is 400 g/mol. The fourth-order valence-corrected chi connectivity index (χ4v) is 6.53. The van der Waals surface area contributed by atoms with Crippen molar-refractivity contribution in [2.24, 2.45) is 17.8 Å². The molecule has 2 aliphatic rings. The molecule has 0 saturated heterocycles. The number of thioether (sulfide) groups is 1. The summed E-state index contributed by atoms with van der Waals surface area (Å²) in [6.45, 7) is 22.1. The number of thiophene rings is 1. The lowest BCUT2D eigenvalue weighted by atomic mass is 9.78. The Balaban J connectivity index is 1.63. The minimum Gasteiger partial charge on any atom is -0.139 e. The highest BCUT2D eigenvalue weighted by Crippen LogP contribution is 2.44. The summed E-state index contributed by atoms with van der Waals surface area (Å²) in [5.74, 6) is 2.38. The first kappa shape index (κ1) is 23.2. The Bertz CT molecular complexity index is 905. The van der Waals surface area contributed by atoms with Gasteiger partial charge in [-0.1, -0.05) is 88.6 Å². The van der Waals surface area contributed by atoms with E-state index in [1.54, 1.807) is 11.8 Å². The standard InChI is InChI=1S/C28H36S2/c1-8-18(3)26-13-12-25(16-20(26)5)28-15-14-27(30-28)22(7)29-21(6)24-11-10-19(4)23(9-2)17-24/h10-15,19,23-25H,3,6-9,16-17H2,1-2,4-5H3. The third-order valence-electron chi connectivity index (χ3n) is 6.70. The molecule has 0 saturated carbocycles. The SMILES string of the molecule is C=C(CC)C1=C(C)CC(c2ccc(C(=C)SC(=C)C3C=CC(C)C(CC)C3)s2)C=C1. The molecule has 4 unspecified atom stereocenters. The Kier molecular flexibility index (Phi) is 7.87. The highest BCUT2D eigenvalue weighted by Gasteiger charge is 2.25. The summed E-state index contributed by atoms with van der Waals surface area (Å²) < 4.78 is 0. The molecule has 0 aromatic carbocycles. The van der Waals surface area contributed by atoms with Gasteiger partial charge in [0.05, 0.1) is 0 Å². The van der Waals surface area contributed by atoms with Crippen LogP contribution in [0.15, 0.2) is 77.8 Å². The highest BCUT2D eigenvalue weighted by atomic mass is 32.2. The molecule has 1 heterocycles. The average molecular weight is 437 g/mol. The van der Waals surface area contributed by atoms with Crippen LogP contribution in [0, 0.1) is 17.8 Å². The summed E-state index contributed by atoms with van der Waals surface area (Å²) in [6.07, 6.45) is 13.9. The molecule has 0 spiro atoms. The van der Waals surface area contributed by atoms with E-state index < -0.39 is 0 Å². The van der Waals surface area contributed by atoms with Crippen LogP contribution in [0.3, 0.4) is 0 Å². The van der Waals surface area contributed by atoms with E-state index in [2.05, 4.69) is 83.9 Å². The summed E-state index contributed by atoms with van der Waals surface area (Å²) in [5, 5.41) is 0. The summed E-state index contributed by atoms with van der Waals surface area (Å²) in [7, 11) is 0. The topological polar surface area (TPSA) is 0 Å². The Labute approximate surface area is 192 Å². The predicted molar refractivity (Wildman–Crippen MR) is 139 cm³/mol. The van der Waals surface area contributed by atoms with Crippen molar-refractivity contribution in [1.29, 1.82) is 0 Å². The quantitative estimate of drug-likeness (QED) is 0.365. The van der Waals surface area contributed by atoms with Gasteiger partial charge in [0.2, 0.25) is 0 Å². The van der Waals surface area contributed by atoms with Crippen LogP contribution < -0.4 is 0 Å². The predicted octanol–water partition coefficient (Wildman–Crippen LogP) is 9.53. The van der Waals surface area contributed by atoms with Crippen molar-refractivity contribution >= 4 is 28.0 Å². The van der Waals surface area contributed by atoms with Gasteiger partial charge < -0.3 is 0 Å². The minimum atomic E-state index is 0.464. The Morgan fingerprint density at radius 1 is 1.13 bits per heavy atom. The molecule has 1 aromatic rings. The first-order valence-corrected chi connectivity index (χ1v) is 12.9. The normalized spacial score (nSPS) is 26.1. The maximum Gasteiger partial charge on any atom is 0.0406 e. The van der Waals surface area contributed by atoms with E-state index in [-0.39, 0.29) is 0 Å². The molecular formula is C28H36S2. The van der Waals surface area contributed by atoms with Crippen LogP contribution in [0.4, 0.5) is 0 Å². The van der Waals surface area contributed by atoms with Gasteiger partial charge >= 0.3 is 0 Å². The van der Waals surface area contributed by atoms with E-state index in [1.807, 2.05) is 11.3 Å². The van der Waals surface area contributed by atoms with E-state index in [4.69, 9.17) is 0 Å². The van der Waals surface area contributed by atoms with Crippen LogP contribution in [-0.4, -0.2) is 0 Å². The molecule has 0 fully saturated rings. The van der Waals surface area contributed by atoms with Gasteiger partial charge in [-0.3, -0.25) is 0 Å². The van der Waals surface area contributed by atoms with Crippen molar-refractivity contribution in [2.75, 3.05) is 0 Å². The lowest BCUT2D eigenvalue weighted by Gasteiger charge is -2.30. The van der Waals surface area contributed by atoms with Crippen molar-refractivity contribution in [3.05, 3.63) is 87.6 Å². The molecule has 2 heteroatoms. The first-order chi connectivity index (χ1) is 14.3. The average Bonchev–Trinajstić information content (AvgIpc) is 3.24. The Morgan fingerprint density at radius 2 is 1.90 bits per heavy atom. The lowest BCUT2D eigenvalue weighted by molar-refractivity contribution is 0.337. The van der Waals surface area contributed by atoms with Crippen molar-refractivity contribution < 1.29 is 0 Å². The van der Waals surface area contributed by atoms with E-state index >= 15 is 0 Å². The van der Waals surface area contributed by atoms with Crippen molar-refractivity contribution in [3.8, 4) is 0 Å². The Hall–Kier alpha value is -1.51. The molecule has 1 aromatic heterocycles. The zero-order valence-electron chi connectivity index (χ0n) is 19.0. The van der Waals surface area contributed by atoms with E-state index in [0.717, 1.165) is 23.7 Å². The van der Waals surface area contributed by atoms with Crippen LogP contribution in [0.25, 0.3) is 4.91 Å². The van der Waals surface area contributed by atoms with Gasteiger partial charge in [0.15, 0.2) is 0 Å². The van der Waals surface area contributed by atoms with Crippen LogP contribution in [0.1, 0.15) is 69.1 Å². The molecule has 3 rings (SSSR count). The second-order valence-corrected chi connectivity index (χ2v) is 11.1. The number of hydrogen-bond acceptors (Lipinski definition) is 2. The molecule has 160 valence electrons. The van der Waals surface area contributed by atoms with Crippen LogP contribution in [-0.2, 0) is 0 Å². The van der Waals surface area contributed by atoms with Gasteiger partial charge in [-0.05, 0) is 66.2 Å². The zero-order valence-corrected chi connectivity index (χ0v) is 20.7. The number of rotatable bonds is 8. The highest BCUT2D eigenvalue weighted by molar-refractivity contribution is 8.11. The van der Waals surface area contributed by atoms with E-state index in [1.165, 1.54) is 44.2 Å². The lowest BCUT2D eigenvalue weighted by Crippen LogP contribution is -2.18. The zero-order chi connectivity index (χ0) is 21.8. The molecule has 0 amide bonds. The Morgan fingerprint density at radius 3 is 2.57 bits per heavy atom. The fourth-order valence-electron chi connectivity index (χ4n) is 4.52. The summed E-state index contributed by atoms with van der Waals surface area (Å²) >= 11 is 3.66. The fraction of sp³-hybridized carbons (Fsp3) is 0.429. The summed E-state index contributed by atoms with van der Waals surface area (Å²) in [5.41, 5.74) is 4.05. The van der Waals surface area contributed by atoms with Crippen LogP contribution in [0.2, 0.25) is 0 Å². The second kappa shape index (κ2) is 10.2. The molecule has 0 N–H and O–H groups in total. The molecule has 0 nitrogen and oxygen atoms in total. The molecule has 4 atom stereocenters. The van der Waals surface area contributed by atoms with Gasteiger partial charge in [0.1, 0.15) is 0 Å². The van der Waals surface area contributed by atoms with E-state index in [9.17, 15) is 0 Å². The molecule has 2 aliphatic carbocycles. The third kappa shape index (κ3) is 5.21.